The predicted octanol–water partition coefficient (Wildman–Crippen LogP) is 0.717. The zero-order chi connectivity index (χ0) is 8.69. The Labute approximate surface area is 67.6 Å². The van der Waals surface area contributed by atoms with Gasteiger partial charge in [0.05, 0.1) is 0 Å². The van der Waals surface area contributed by atoms with Gasteiger partial charge in [-0.25, -0.2) is 4.79 Å². The Morgan fingerprint density at radius 2 is 2.36 bits per heavy atom. The molecule has 2 N–H and O–H groups in total. The molecule has 0 bridgehead atoms. The third-order valence-electron chi connectivity index (χ3n) is 1.14. The average Bonchev–Trinajstić information content (AvgIpc) is 1.87. The lowest BCUT2D eigenvalue weighted by Crippen LogP contribution is -2.40. The molecule has 0 heterocycles. The summed E-state index contributed by atoms with van der Waals surface area (Å²) in [5.41, 5.74) is 0. The Morgan fingerprint density at radius 3 is 2.82 bits per heavy atom. The molecule has 11 heavy (non-hydrogen) atoms. The number of carbonyl (C=O) groups excluding carboxylic acids is 1. The number of carbonyl (C=O) groups is 1. The molecule has 3 nitrogen and oxygen atoms in total. The fraction of sp³-hybridized carbons (Fsp3) is 0.625. The van der Waals surface area contributed by atoms with Gasteiger partial charge < -0.3 is 10.6 Å². The van der Waals surface area contributed by atoms with E-state index in [0.29, 0.717) is 13.0 Å². The van der Waals surface area contributed by atoms with Gasteiger partial charge in [-0.2, -0.15) is 0 Å². The van der Waals surface area contributed by atoms with Crippen molar-refractivity contribution < 1.29 is 4.79 Å². The first-order valence-electron chi connectivity index (χ1n) is 3.68. The van der Waals surface area contributed by atoms with E-state index >= 15 is 0 Å². The highest BCUT2D eigenvalue weighted by Gasteiger charge is 2.02. The van der Waals surface area contributed by atoms with Crippen LogP contribution in [0.3, 0.4) is 0 Å². The third-order valence-corrected chi connectivity index (χ3v) is 1.14. The van der Waals surface area contributed by atoms with Crippen LogP contribution in [0, 0.1) is 12.3 Å². The summed E-state index contributed by atoms with van der Waals surface area (Å²) >= 11 is 0. The van der Waals surface area contributed by atoms with Crippen molar-refractivity contribution in [3.63, 3.8) is 0 Å². The van der Waals surface area contributed by atoms with Crippen molar-refractivity contribution in [2.45, 2.75) is 26.3 Å². The van der Waals surface area contributed by atoms with Crippen LogP contribution in [0.1, 0.15) is 20.3 Å². The molecule has 0 aliphatic rings. The van der Waals surface area contributed by atoms with Crippen LogP contribution in [-0.2, 0) is 0 Å². The molecule has 3 heteroatoms. The molecule has 0 radical (unpaired) electrons. The first kappa shape index (κ1) is 9.83. The van der Waals surface area contributed by atoms with Gasteiger partial charge in [-0.15, -0.1) is 12.3 Å². The number of urea groups is 1. The van der Waals surface area contributed by atoms with Crippen LogP contribution in [0.25, 0.3) is 0 Å². The zero-order valence-electron chi connectivity index (χ0n) is 6.98. The largest absolute Gasteiger partial charge is 0.338 e. The summed E-state index contributed by atoms with van der Waals surface area (Å²) in [5, 5.41) is 5.31. The van der Waals surface area contributed by atoms with Crippen LogP contribution in [0.4, 0.5) is 4.79 Å². The standard InChI is InChI=1S/C8H14N2O/c1-4-6-7(3)10-8(11)9-5-2/h1,7H,5-6H2,2-3H3,(H2,9,10,11). The highest BCUT2D eigenvalue weighted by atomic mass is 16.2. The minimum Gasteiger partial charge on any atom is -0.338 e. The topological polar surface area (TPSA) is 41.1 Å². The van der Waals surface area contributed by atoms with E-state index in [-0.39, 0.29) is 12.1 Å². The van der Waals surface area contributed by atoms with Gasteiger partial charge in [-0.3, -0.25) is 0 Å². The molecule has 0 aromatic carbocycles. The van der Waals surface area contributed by atoms with Crippen LogP contribution in [0.2, 0.25) is 0 Å². The van der Waals surface area contributed by atoms with Crippen molar-refractivity contribution in [1.29, 1.82) is 0 Å². The molecule has 2 amide bonds. The fourth-order valence-corrected chi connectivity index (χ4v) is 0.663. The molecule has 0 aromatic heterocycles. The molecular weight excluding hydrogens is 140 g/mol. The van der Waals surface area contributed by atoms with Crippen molar-refractivity contribution in [1.82, 2.24) is 10.6 Å². The van der Waals surface area contributed by atoms with Gasteiger partial charge in [0.2, 0.25) is 0 Å². The van der Waals surface area contributed by atoms with Gasteiger partial charge >= 0.3 is 6.03 Å². The molecule has 0 aliphatic heterocycles. The number of amides is 2. The molecule has 0 aromatic rings. The maximum Gasteiger partial charge on any atom is 0.315 e. The van der Waals surface area contributed by atoms with E-state index in [1.54, 1.807) is 0 Å². The lowest BCUT2D eigenvalue weighted by Gasteiger charge is -2.10. The molecule has 0 saturated heterocycles. The van der Waals surface area contributed by atoms with E-state index in [1.165, 1.54) is 0 Å². The molecular formula is C8H14N2O. The van der Waals surface area contributed by atoms with Crippen molar-refractivity contribution in [3.8, 4) is 12.3 Å². The number of terminal acetylenes is 1. The predicted molar refractivity (Wildman–Crippen MR) is 45.1 cm³/mol. The number of nitrogens with one attached hydrogen (secondary N) is 2. The van der Waals surface area contributed by atoms with Gasteiger partial charge in [0.25, 0.3) is 0 Å². The average molecular weight is 154 g/mol. The molecule has 62 valence electrons. The Bertz CT molecular complexity index is 160. The fourth-order valence-electron chi connectivity index (χ4n) is 0.663. The molecule has 0 rings (SSSR count). The maximum atomic E-state index is 10.8. The second-order valence-electron chi connectivity index (χ2n) is 2.31. The molecule has 1 atom stereocenters. The van der Waals surface area contributed by atoms with Gasteiger partial charge in [0.1, 0.15) is 0 Å². The molecule has 0 saturated carbocycles. The normalized spacial score (nSPS) is 11.4. The van der Waals surface area contributed by atoms with Gasteiger partial charge in [0, 0.05) is 19.0 Å². The van der Waals surface area contributed by atoms with E-state index < -0.39 is 0 Å². The summed E-state index contributed by atoms with van der Waals surface area (Å²) in [6.45, 7) is 4.37. The van der Waals surface area contributed by atoms with Crippen LogP contribution in [0.5, 0.6) is 0 Å². The maximum absolute atomic E-state index is 10.8. The highest BCUT2D eigenvalue weighted by Crippen LogP contribution is 1.86. The van der Waals surface area contributed by atoms with Gasteiger partial charge in [0.15, 0.2) is 0 Å². The number of hydrogen-bond donors (Lipinski definition) is 2. The quantitative estimate of drug-likeness (QED) is 0.578. The van der Waals surface area contributed by atoms with Crippen LogP contribution < -0.4 is 10.6 Å². The Hall–Kier alpha value is -1.17. The number of rotatable bonds is 3. The van der Waals surface area contributed by atoms with E-state index in [0.717, 1.165) is 0 Å². The Kier molecular flexibility index (Phi) is 5.01. The third kappa shape index (κ3) is 5.28. The zero-order valence-corrected chi connectivity index (χ0v) is 6.98. The second kappa shape index (κ2) is 5.60. The first-order chi connectivity index (χ1) is 5.20. The van der Waals surface area contributed by atoms with Crippen LogP contribution >= 0.6 is 0 Å². The summed E-state index contributed by atoms with van der Waals surface area (Å²) < 4.78 is 0. The van der Waals surface area contributed by atoms with Crippen molar-refractivity contribution in [2.24, 2.45) is 0 Å². The first-order valence-corrected chi connectivity index (χ1v) is 3.68. The summed E-state index contributed by atoms with van der Waals surface area (Å²) in [6.07, 6.45) is 5.62. The molecule has 0 spiro atoms. The Morgan fingerprint density at radius 1 is 1.73 bits per heavy atom. The van der Waals surface area contributed by atoms with E-state index in [2.05, 4.69) is 16.6 Å². The van der Waals surface area contributed by atoms with Gasteiger partial charge in [-0.1, -0.05) is 0 Å². The van der Waals surface area contributed by atoms with Gasteiger partial charge in [-0.05, 0) is 13.8 Å². The van der Waals surface area contributed by atoms with Crippen LogP contribution in [-0.4, -0.2) is 18.6 Å². The van der Waals surface area contributed by atoms with E-state index in [4.69, 9.17) is 6.42 Å². The van der Waals surface area contributed by atoms with Crippen molar-refractivity contribution >= 4 is 6.03 Å². The monoisotopic (exact) mass is 154 g/mol. The van der Waals surface area contributed by atoms with Crippen LogP contribution in [0.15, 0.2) is 0 Å². The van der Waals surface area contributed by atoms with Crippen molar-refractivity contribution in [3.05, 3.63) is 0 Å². The highest BCUT2D eigenvalue weighted by molar-refractivity contribution is 5.74. The second-order valence-corrected chi connectivity index (χ2v) is 2.31. The van der Waals surface area contributed by atoms with E-state index in [9.17, 15) is 4.79 Å². The minimum absolute atomic E-state index is 0.0477. The Balaban J connectivity index is 3.50. The summed E-state index contributed by atoms with van der Waals surface area (Å²) in [7, 11) is 0. The van der Waals surface area contributed by atoms with Crippen molar-refractivity contribution in [2.75, 3.05) is 6.54 Å². The lowest BCUT2D eigenvalue weighted by molar-refractivity contribution is 0.238. The SMILES string of the molecule is C#CCC(C)NC(=O)NCC. The van der Waals surface area contributed by atoms with E-state index in [1.807, 2.05) is 13.8 Å². The molecule has 1 unspecified atom stereocenters. The summed E-state index contributed by atoms with van der Waals surface area (Å²) in [6, 6.07) is -0.109. The smallest absolute Gasteiger partial charge is 0.315 e. The summed E-state index contributed by atoms with van der Waals surface area (Å²) in [4.78, 5) is 10.8. The molecule has 0 fully saturated rings. The molecule has 0 aliphatic carbocycles. The lowest BCUT2D eigenvalue weighted by atomic mass is 10.2. The summed E-state index contributed by atoms with van der Waals surface area (Å²) in [5.74, 6) is 2.47. The number of hydrogen-bond acceptors (Lipinski definition) is 1. The minimum atomic E-state index is -0.157.